The van der Waals surface area contributed by atoms with Crippen molar-refractivity contribution in [3.05, 3.63) is 35.4 Å². The molecule has 2 rings (SSSR count). The summed E-state index contributed by atoms with van der Waals surface area (Å²) in [5.41, 5.74) is 2.47. The van der Waals surface area contributed by atoms with Crippen molar-refractivity contribution in [2.75, 3.05) is 0 Å². The maximum absolute atomic E-state index is 8.95. The van der Waals surface area contributed by atoms with Crippen molar-refractivity contribution < 1.29 is 0 Å². The largest absolute Gasteiger partial charge is 0.307 e. The van der Waals surface area contributed by atoms with Gasteiger partial charge in [0.1, 0.15) is 0 Å². The smallest absolute Gasteiger partial charge is 0.0991 e. The van der Waals surface area contributed by atoms with E-state index in [9.17, 15) is 0 Å². The van der Waals surface area contributed by atoms with E-state index in [0.29, 0.717) is 17.5 Å². The Morgan fingerprint density at radius 2 is 2.00 bits per heavy atom. The van der Waals surface area contributed by atoms with Crippen molar-refractivity contribution >= 4 is 0 Å². The number of hydrogen-bond donors (Lipinski definition) is 1. The van der Waals surface area contributed by atoms with Crippen LogP contribution in [0, 0.1) is 16.7 Å². The average Bonchev–Trinajstić information content (AvgIpc) is 2.41. The topological polar surface area (TPSA) is 35.8 Å². The summed E-state index contributed by atoms with van der Waals surface area (Å²) in [5.74, 6) is 0. The predicted octanol–water partition coefficient (Wildman–Crippen LogP) is 4.18. The summed E-state index contributed by atoms with van der Waals surface area (Å²) in [6.45, 7) is 6.92. The van der Waals surface area contributed by atoms with Crippen molar-refractivity contribution in [2.45, 2.75) is 58.5 Å². The molecule has 1 N–H and O–H groups in total. The van der Waals surface area contributed by atoms with E-state index in [1.807, 2.05) is 18.2 Å². The van der Waals surface area contributed by atoms with Crippen LogP contribution in [0.3, 0.4) is 0 Å². The van der Waals surface area contributed by atoms with E-state index in [1.54, 1.807) is 0 Å². The summed E-state index contributed by atoms with van der Waals surface area (Å²) in [5, 5.41) is 12.7. The van der Waals surface area contributed by atoms with E-state index in [1.165, 1.54) is 31.2 Å². The van der Waals surface area contributed by atoms with Crippen LogP contribution in [0.4, 0.5) is 0 Å². The minimum Gasteiger partial charge on any atom is -0.307 e. The fraction of sp³-hybridized carbons (Fsp3) is 0.588. The van der Waals surface area contributed by atoms with Gasteiger partial charge in [-0.15, -0.1) is 0 Å². The first-order valence-corrected chi connectivity index (χ1v) is 7.26. The van der Waals surface area contributed by atoms with Crippen LogP contribution < -0.4 is 5.32 Å². The van der Waals surface area contributed by atoms with E-state index in [0.717, 1.165) is 5.56 Å². The molecule has 1 saturated carbocycles. The Morgan fingerprint density at radius 1 is 1.32 bits per heavy atom. The number of rotatable bonds is 3. The molecule has 0 radical (unpaired) electrons. The molecule has 1 aliphatic carbocycles. The molecule has 1 aromatic rings. The summed E-state index contributed by atoms with van der Waals surface area (Å²) in [7, 11) is 0. The van der Waals surface area contributed by atoms with Crippen LogP contribution in [-0.2, 0) is 0 Å². The molecule has 0 heterocycles. The number of benzene rings is 1. The number of hydrogen-bond acceptors (Lipinski definition) is 2. The lowest BCUT2D eigenvalue weighted by atomic mass is 9.75. The fourth-order valence-corrected chi connectivity index (χ4v) is 2.89. The molecule has 2 heteroatoms. The lowest BCUT2D eigenvalue weighted by molar-refractivity contribution is 0.200. The minimum atomic E-state index is 0.319. The van der Waals surface area contributed by atoms with Gasteiger partial charge in [-0.2, -0.15) is 5.26 Å². The number of nitrogens with zero attached hydrogens (tertiary/aromatic N) is 1. The second-order valence-electron chi connectivity index (χ2n) is 6.56. The van der Waals surface area contributed by atoms with Gasteiger partial charge in [-0.1, -0.05) is 26.0 Å². The van der Waals surface area contributed by atoms with Crippen LogP contribution in [0.1, 0.15) is 63.6 Å². The molecule has 19 heavy (non-hydrogen) atoms. The highest BCUT2D eigenvalue weighted by molar-refractivity contribution is 5.34. The van der Waals surface area contributed by atoms with Crippen molar-refractivity contribution in [1.29, 1.82) is 5.26 Å². The Balaban J connectivity index is 1.94. The van der Waals surface area contributed by atoms with E-state index in [4.69, 9.17) is 5.26 Å². The summed E-state index contributed by atoms with van der Waals surface area (Å²) < 4.78 is 0. The van der Waals surface area contributed by atoms with Gasteiger partial charge in [0.05, 0.1) is 11.6 Å². The molecule has 0 saturated heterocycles. The normalized spacial score (nSPS) is 20.7. The molecule has 0 amide bonds. The van der Waals surface area contributed by atoms with Gasteiger partial charge in [0, 0.05) is 12.1 Å². The Morgan fingerprint density at radius 3 is 2.63 bits per heavy atom. The molecule has 1 aliphatic rings. The third kappa shape index (κ3) is 3.81. The number of nitrogens with one attached hydrogen (secondary N) is 1. The first-order chi connectivity index (χ1) is 9.00. The summed E-state index contributed by atoms with van der Waals surface area (Å²) in [6.07, 6.45) is 5.12. The molecule has 1 aromatic carbocycles. The lowest BCUT2D eigenvalue weighted by Crippen LogP contribution is -2.37. The van der Waals surface area contributed by atoms with Crippen molar-refractivity contribution in [3.63, 3.8) is 0 Å². The molecular weight excluding hydrogens is 232 g/mol. The second kappa shape index (κ2) is 5.75. The van der Waals surface area contributed by atoms with Gasteiger partial charge in [0.2, 0.25) is 0 Å². The van der Waals surface area contributed by atoms with Gasteiger partial charge in [-0.3, -0.25) is 0 Å². The van der Waals surface area contributed by atoms with Gasteiger partial charge in [-0.25, -0.2) is 0 Å². The van der Waals surface area contributed by atoms with E-state index >= 15 is 0 Å². The van der Waals surface area contributed by atoms with Crippen LogP contribution in [0.15, 0.2) is 24.3 Å². The first kappa shape index (κ1) is 14.1. The zero-order chi connectivity index (χ0) is 13.9. The highest BCUT2D eigenvalue weighted by atomic mass is 14.9. The van der Waals surface area contributed by atoms with Gasteiger partial charge in [-0.05, 0) is 55.7 Å². The average molecular weight is 256 g/mol. The monoisotopic (exact) mass is 256 g/mol. The maximum Gasteiger partial charge on any atom is 0.0991 e. The van der Waals surface area contributed by atoms with Crippen LogP contribution in [0.25, 0.3) is 0 Å². The Hall–Kier alpha value is -1.33. The molecule has 1 fully saturated rings. The zero-order valence-corrected chi connectivity index (χ0v) is 12.2. The van der Waals surface area contributed by atoms with Gasteiger partial charge >= 0.3 is 0 Å². The van der Waals surface area contributed by atoms with Crippen LogP contribution in [0.2, 0.25) is 0 Å². The van der Waals surface area contributed by atoms with E-state index in [2.05, 4.69) is 38.2 Å². The van der Waals surface area contributed by atoms with Crippen molar-refractivity contribution in [2.24, 2.45) is 5.41 Å². The van der Waals surface area contributed by atoms with Gasteiger partial charge < -0.3 is 5.32 Å². The molecule has 0 bridgehead atoms. The Labute approximate surface area is 116 Å². The molecule has 0 aromatic heterocycles. The molecule has 102 valence electrons. The third-order valence-electron chi connectivity index (χ3n) is 4.34. The van der Waals surface area contributed by atoms with E-state index in [-0.39, 0.29) is 0 Å². The third-order valence-corrected chi connectivity index (χ3v) is 4.34. The van der Waals surface area contributed by atoms with Crippen LogP contribution >= 0.6 is 0 Å². The standard InChI is InChI=1S/C17H24N2/c1-13(15-6-4-5-14(11-15)12-18)19-16-7-9-17(2,3)10-8-16/h4-6,11,13,16,19H,7-10H2,1-3H3. The summed E-state index contributed by atoms with van der Waals surface area (Å²) in [6, 6.07) is 11.1. The molecule has 0 spiro atoms. The Kier molecular flexibility index (Phi) is 4.27. The summed E-state index contributed by atoms with van der Waals surface area (Å²) >= 11 is 0. The second-order valence-corrected chi connectivity index (χ2v) is 6.56. The SMILES string of the molecule is CC(NC1CCC(C)(C)CC1)c1cccc(C#N)c1. The molecule has 0 aliphatic heterocycles. The zero-order valence-electron chi connectivity index (χ0n) is 12.2. The summed E-state index contributed by atoms with van der Waals surface area (Å²) in [4.78, 5) is 0. The predicted molar refractivity (Wildman–Crippen MR) is 78.7 cm³/mol. The first-order valence-electron chi connectivity index (χ1n) is 7.26. The Bertz CT molecular complexity index is 460. The molecule has 1 unspecified atom stereocenters. The molecule has 2 nitrogen and oxygen atoms in total. The molecular formula is C17H24N2. The van der Waals surface area contributed by atoms with Crippen LogP contribution in [-0.4, -0.2) is 6.04 Å². The molecule has 1 atom stereocenters. The van der Waals surface area contributed by atoms with Gasteiger partial charge in [0.25, 0.3) is 0 Å². The fourth-order valence-electron chi connectivity index (χ4n) is 2.89. The lowest BCUT2D eigenvalue weighted by Gasteiger charge is -2.36. The van der Waals surface area contributed by atoms with Crippen molar-refractivity contribution in [3.8, 4) is 6.07 Å². The van der Waals surface area contributed by atoms with Gasteiger partial charge in [0.15, 0.2) is 0 Å². The quantitative estimate of drug-likeness (QED) is 0.880. The van der Waals surface area contributed by atoms with Crippen molar-refractivity contribution in [1.82, 2.24) is 5.32 Å². The minimum absolute atomic E-state index is 0.319. The van der Waals surface area contributed by atoms with E-state index < -0.39 is 0 Å². The van der Waals surface area contributed by atoms with Crippen LogP contribution in [0.5, 0.6) is 0 Å². The maximum atomic E-state index is 8.95. The number of nitriles is 1. The highest BCUT2D eigenvalue weighted by Crippen LogP contribution is 2.35. The highest BCUT2D eigenvalue weighted by Gasteiger charge is 2.27.